The van der Waals surface area contributed by atoms with E-state index >= 15 is 0 Å². The number of nitrogens with zero attached hydrogens (tertiary/aromatic N) is 1. The summed E-state index contributed by atoms with van der Waals surface area (Å²) in [5.41, 5.74) is 1.88. The molecule has 1 fully saturated rings. The van der Waals surface area contributed by atoms with E-state index in [4.69, 9.17) is 4.74 Å². The summed E-state index contributed by atoms with van der Waals surface area (Å²) in [6, 6.07) is 16.1. The molecule has 0 bridgehead atoms. The molecule has 7 nitrogen and oxygen atoms in total. The van der Waals surface area contributed by atoms with E-state index < -0.39 is 0 Å². The first-order chi connectivity index (χ1) is 14.9. The standard InChI is InChI=1S/C24H29N3O4/c1-17(2)31-24(30)19-8-10-21(11-9-19)25-22(28)16-27-14-12-18(13-15-27)23(29)26-20-6-4-3-5-7-20/h3-11,17-18H,12-16H2,1-2H3,(H,25,28)(H,26,29). The molecule has 0 aliphatic carbocycles. The van der Waals surface area contributed by atoms with E-state index in [2.05, 4.69) is 15.5 Å². The van der Waals surface area contributed by atoms with Crippen molar-refractivity contribution in [3.05, 3.63) is 60.2 Å². The number of nitrogens with one attached hydrogen (secondary N) is 2. The Morgan fingerprint density at radius 1 is 0.935 bits per heavy atom. The fourth-order valence-corrected chi connectivity index (χ4v) is 3.49. The predicted octanol–water partition coefficient (Wildman–Crippen LogP) is 3.54. The summed E-state index contributed by atoms with van der Waals surface area (Å²) < 4.78 is 5.15. The number of para-hydroxylation sites is 1. The number of ether oxygens (including phenoxy) is 1. The van der Waals surface area contributed by atoms with Crippen molar-refractivity contribution < 1.29 is 19.1 Å². The van der Waals surface area contributed by atoms with Gasteiger partial charge >= 0.3 is 5.97 Å². The largest absolute Gasteiger partial charge is 0.459 e. The van der Waals surface area contributed by atoms with Crippen LogP contribution in [0.1, 0.15) is 37.0 Å². The highest BCUT2D eigenvalue weighted by molar-refractivity contribution is 5.94. The van der Waals surface area contributed by atoms with Gasteiger partial charge in [-0.1, -0.05) is 18.2 Å². The van der Waals surface area contributed by atoms with Crippen LogP contribution in [0.2, 0.25) is 0 Å². The number of rotatable bonds is 7. The summed E-state index contributed by atoms with van der Waals surface area (Å²) in [7, 11) is 0. The number of carbonyl (C=O) groups is 3. The van der Waals surface area contributed by atoms with Crippen LogP contribution in [0.15, 0.2) is 54.6 Å². The van der Waals surface area contributed by atoms with Gasteiger partial charge in [-0.2, -0.15) is 0 Å². The molecular formula is C24H29N3O4. The lowest BCUT2D eigenvalue weighted by Crippen LogP contribution is -2.41. The van der Waals surface area contributed by atoms with E-state index in [1.807, 2.05) is 30.3 Å². The molecule has 0 spiro atoms. The molecule has 0 atom stereocenters. The third-order valence-corrected chi connectivity index (χ3v) is 5.11. The maximum atomic E-state index is 12.4. The molecule has 2 aromatic carbocycles. The van der Waals surface area contributed by atoms with Gasteiger partial charge in [-0.05, 0) is 76.2 Å². The zero-order valence-corrected chi connectivity index (χ0v) is 18.0. The highest BCUT2D eigenvalue weighted by atomic mass is 16.5. The lowest BCUT2D eigenvalue weighted by molar-refractivity contribution is -0.121. The van der Waals surface area contributed by atoms with Crippen molar-refractivity contribution in [2.45, 2.75) is 32.8 Å². The second-order valence-electron chi connectivity index (χ2n) is 7.99. The van der Waals surface area contributed by atoms with Crippen molar-refractivity contribution in [3.8, 4) is 0 Å². The molecule has 7 heteroatoms. The minimum Gasteiger partial charge on any atom is -0.459 e. The van der Waals surface area contributed by atoms with Crippen LogP contribution < -0.4 is 10.6 Å². The van der Waals surface area contributed by atoms with E-state index in [1.54, 1.807) is 38.1 Å². The first kappa shape index (κ1) is 22.5. The molecule has 0 unspecified atom stereocenters. The summed E-state index contributed by atoms with van der Waals surface area (Å²) >= 11 is 0. The zero-order valence-electron chi connectivity index (χ0n) is 18.0. The van der Waals surface area contributed by atoms with E-state index in [1.165, 1.54) is 0 Å². The van der Waals surface area contributed by atoms with Gasteiger partial charge in [0.1, 0.15) is 0 Å². The van der Waals surface area contributed by atoms with Gasteiger partial charge in [-0.15, -0.1) is 0 Å². The number of anilines is 2. The molecule has 3 rings (SSSR count). The second kappa shape index (κ2) is 10.7. The van der Waals surface area contributed by atoms with Crippen molar-refractivity contribution in [2.24, 2.45) is 5.92 Å². The molecule has 2 amide bonds. The van der Waals surface area contributed by atoms with Crippen molar-refractivity contribution in [2.75, 3.05) is 30.3 Å². The fraction of sp³-hybridized carbons (Fsp3) is 0.375. The monoisotopic (exact) mass is 423 g/mol. The predicted molar refractivity (Wildman–Crippen MR) is 120 cm³/mol. The summed E-state index contributed by atoms with van der Waals surface area (Å²) in [6.45, 7) is 5.25. The Morgan fingerprint density at radius 2 is 1.55 bits per heavy atom. The quantitative estimate of drug-likeness (QED) is 0.665. The highest BCUT2D eigenvalue weighted by Crippen LogP contribution is 2.20. The van der Waals surface area contributed by atoms with Crippen molar-refractivity contribution >= 4 is 29.2 Å². The number of esters is 1. The van der Waals surface area contributed by atoms with Crippen LogP contribution in [-0.2, 0) is 14.3 Å². The smallest absolute Gasteiger partial charge is 0.338 e. The Kier molecular flexibility index (Phi) is 7.78. The van der Waals surface area contributed by atoms with Crippen LogP contribution >= 0.6 is 0 Å². The van der Waals surface area contributed by atoms with Gasteiger partial charge in [-0.3, -0.25) is 14.5 Å². The molecule has 0 saturated carbocycles. The van der Waals surface area contributed by atoms with Gasteiger partial charge in [0.25, 0.3) is 0 Å². The maximum absolute atomic E-state index is 12.4. The minimum absolute atomic E-state index is 0.0337. The molecule has 2 aromatic rings. The number of hydrogen-bond acceptors (Lipinski definition) is 5. The van der Waals surface area contributed by atoms with Crippen LogP contribution in [0.25, 0.3) is 0 Å². The molecule has 1 heterocycles. The average molecular weight is 424 g/mol. The fourth-order valence-electron chi connectivity index (χ4n) is 3.49. The van der Waals surface area contributed by atoms with E-state index in [9.17, 15) is 14.4 Å². The minimum atomic E-state index is -0.382. The van der Waals surface area contributed by atoms with E-state index in [-0.39, 0.29) is 36.4 Å². The molecule has 0 radical (unpaired) electrons. The SMILES string of the molecule is CC(C)OC(=O)c1ccc(NC(=O)CN2CCC(C(=O)Nc3ccccc3)CC2)cc1. The van der Waals surface area contributed by atoms with Gasteiger partial charge in [0.15, 0.2) is 0 Å². The number of likely N-dealkylation sites (tertiary alicyclic amines) is 1. The third kappa shape index (κ3) is 6.93. The Labute approximate surface area is 182 Å². The molecule has 2 N–H and O–H groups in total. The van der Waals surface area contributed by atoms with Crippen LogP contribution in [0.3, 0.4) is 0 Å². The van der Waals surface area contributed by atoms with Crippen molar-refractivity contribution in [3.63, 3.8) is 0 Å². The highest BCUT2D eigenvalue weighted by Gasteiger charge is 2.26. The van der Waals surface area contributed by atoms with Crippen molar-refractivity contribution in [1.29, 1.82) is 0 Å². The van der Waals surface area contributed by atoms with Crippen LogP contribution in [0.5, 0.6) is 0 Å². The molecule has 1 aliphatic rings. The maximum Gasteiger partial charge on any atom is 0.338 e. The van der Waals surface area contributed by atoms with Crippen LogP contribution in [-0.4, -0.2) is 48.4 Å². The summed E-state index contributed by atoms with van der Waals surface area (Å²) in [6.07, 6.45) is 1.26. The van der Waals surface area contributed by atoms with Crippen LogP contribution in [0.4, 0.5) is 11.4 Å². The molecular weight excluding hydrogens is 394 g/mol. The van der Waals surface area contributed by atoms with Gasteiger partial charge in [0, 0.05) is 17.3 Å². The third-order valence-electron chi connectivity index (χ3n) is 5.11. The Balaban J connectivity index is 1.41. The molecule has 1 aliphatic heterocycles. The van der Waals surface area contributed by atoms with E-state index in [0.29, 0.717) is 24.3 Å². The number of hydrogen-bond donors (Lipinski definition) is 2. The molecule has 31 heavy (non-hydrogen) atoms. The lowest BCUT2D eigenvalue weighted by atomic mass is 9.96. The zero-order chi connectivity index (χ0) is 22.2. The summed E-state index contributed by atoms with van der Waals surface area (Å²) in [4.78, 5) is 38.7. The summed E-state index contributed by atoms with van der Waals surface area (Å²) in [5.74, 6) is -0.513. The van der Waals surface area contributed by atoms with Crippen LogP contribution in [0, 0.1) is 5.92 Å². The number of amides is 2. The average Bonchev–Trinajstić information content (AvgIpc) is 2.75. The Morgan fingerprint density at radius 3 is 2.16 bits per heavy atom. The first-order valence-corrected chi connectivity index (χ1v) is 10.6. The normalized spacial score (nSPS) is 14.8. The molecule has 0 aromatic heterocycles. The van der Waals surface area contributed by atoms with Gasteiger partial charge in [0.05, 0.1) is 18.2 Å². The van der Waals surface area contributed by atoms with Gasteiger partial charge < -0.3 is 15.4 Å². The Hall–Kier alpha value is -3.19. The van der Waals surface area contributed by atoms with Crippen molar-refractivity contribution in [1.82, 2.24) is 4.90 Å². The topological polar surface area (TPSA) is 87.7 Å². The summed E-state index contributed by atoms with van der Waals surface area (Å²) in [5, 5.41) is 5.80. The molecule has 164 valence electrons. The lowest BCUT2D eigenvalue weighted by Gasteiger charge is -2.30. The number of carbonyl (C=O) groups excluding carboxylic acids is 3. The van der Waals surface area contributed by atoms with E-state index in [0.717, 1.165) is 18.5 Å². The van der Waals surface area contributed by atoms with Gasteiger partial charge in [0.2, 0.25) is 11.8 Å². The number of piperidine rings is 1. The number of benzene rings is 2. The second-order valence-corrected chi connectivity index (χ2v) is 7.99. The van der Waals surface area contributed by atoms with Gasteiger partial charge in [-0.25, -0.2) is 4.79 Å². The Bertz CT molecular complexity index is 889. The first-order valence-electron chi connectivity index (χ1n) is 10.6. The molecule has 1 saturated heterocycles.